The molecule has 110 valence electrons. The summed E-state index contributed by atoms with van der Waals surface area (Å²) in [5.74, 6) is 0.0533. The lowest BCUT2D eigenvalue weighted by Gasteiger charge is -2.16. The van der Waals surface area contributed by atoms with Gasteiger partial charge in [-0.1, -0.05) is 0 Å². The Morgan fingerprint density at radius 1 is 1.43 bits per heavy atom. The summed E-state index contributed by atoms with van der Waals surface area (Å²) < 4.78 is 4.61. The van der Waals surface area contributed by atoms with Crippen LogP contribution in [0.15, 0.2) is 24.3 Å². The van der Waals surface area contributed by atoms with E-state index in [0.29, 0.717) is 30.0 Å². The van der Waals surface area contributed by atoms with E-state index in [4.69, 9.17) is 5.26 Å². The number of carbonyl (C=O) groups excluding carboxylic acids is 2. The molecule has 0 radical (unpaired) electrons. The number of methoxy groups -OCH3 is 1. The normalized spacial score (nSPS) is 17.3. The lowest BCUT2D eigenvalue weighted by Crippen LogP contribution is -2.29. The van der Waals surface area contributed by atoms with Gasteiger partial charge in [0.2, 0.25) is 0 Å². The summed E-state index contributed by atoms with van der Waals surface area (Å²) >= 11 is 1.53. The van der Waals surface area contributed by atoms with Gasteiger partial charge in [-0.2, -0.15) is 5.26 Å². The monoisotopic (exact) mass is 304 g/mol. The molecule has 1 heterocycles. The van der Waals surface area contributed by atoms with E-state index in [2.05, 4.69) is 4.74 Å². The molecule has 21 heavy (non-hydrogen) atoms. The highest BCUT2D eigenvalue weighted by Crippen LogP contribution is 2.24. The highest BCUT2D eigenvalue weighted by atomic mass is 32.2. The first-order valence-electron chi connectivity index (χ1n) is 6.62. The summed E-state index contributed by atoms with van der Waals surface area (Å²) in [7, 11) is 1.37. The average Bonchev–Trinajstić information content (AvgIpc) is 3.00. The van der Waals surface area contributed by atoms with Crippen molar-refractivity contribution < 1.29 is 14.3 Å². The SMILES string of the molecule is COC(=O)CSC1CCN(C(=O)c2ccc(C#N)cc2)C1. The minimum atomic E-state index is -0.239. The van der Waals surface area contributed by atoms with Crippen LogP contribution in [-0.2, 0) is 9.53 Å². The molecule has 6 heteroatoms. The molecule has 1 aromatic carbocycles. The third-order valence-electron chi connectivity index (χ3n) is 3.36. The zero-order valence-electron chi connectivity index (χ0n) is 11.7. The second kappa shape index (κ2) is 7.14. The van der Waals surface area contributed by atoms with E-state index in [0.717, 1.165) is 6.42 Å². The molecule has 1 amide bonds. The highest BCUT2D eigenvalue weighted by molar-refractivity contribution is 8.00. The van der Waals surface area contributed by atoms with Crippen molar-refractivity contribution in [3.8, 4) is 6.07 Å². The standard InChI is InChI=1S/C15H16N2O3S/c1-20-14(18)10-21-13-6-7-17(9-13)15(19)12-4-2-11(8-16)3-5-12/h2-5,13H,6-7,9-10H2,1H3. The quantitative estimate of drug-likeness (QED) is 0.792. The van der Waals surface area contributed by atoms with Gasteiger partial charge in [0.15, 0.2) is 0 Å². The summed E-state index contributed by atoms with van der Waals surface area (Å²) in [4.78, 5) is 25.2. The Morgan fingerprint density at radius 2 is 2.14 bits per heavy atom. The van der Waals surface area contributed by atoms with Gasteiger partial charge < -0.3 is 9.64 Å². The molecule has 5 nitrogen and oxygen atoms in total. The number of benzene rings is 1. The van der Waals surface area contributed by atoms with Crippen LogP contribution < -0.4 is 0 Å². The van der Waals surface area contributed by atoms with E-state index in [-0.39, 0.29) is 17.1 Å². The molecule has 1 aliphatic rings. The largest absolute Gasteiger partial charge is 0.468 e. The van der Waals surface area contributed by atoms with Gasteiger partial charge in [0, 0.05) is 23.9 Å². The van der Waals surface area contributed by atoms with Crippen LogP contribution in [0.2, 0.25) is 0 Å². The van der Waals surface area contributed by atoms with Crippen molar-refractivity contribution in [2.75, 3.05) is 26.0 Å². The zero-order chi connectivity index (χ0) is 15.2. The van der Waals surface area contributed by atoms with Crippen molar-refractivity contribution in [1.82, 2.24) is 4.90 Å². The van der Waals surface area contributed by atoms with Crippen molar-refractivity contribution in [3.05, 3.63) is 35.4 Å². The van der Waals surface area contributed by atoms with E-state index >= 15 is 0 Å². The van der Waals surface area contributed by atoms with Crippen LogP contribution in [0.4, 0.5) is 0 Å². The molecule has 1 fully saturated rings. The maximum absolute atomic E-state index is 12.3. The zero-order valence-corrected chi connectivity index (χ0v) is 12.6. The fourth-order valence-corrected chi connectivity index (χ4v) is 3.21. The Labute approximate surface area is 127 Å². The Kier molecular flexibility index (Phi) is 5.23. The van der Waals surface area contributed by atoms with E-state index in [1.165, 1.54) is 18.9 Å². The minimum absolute atomic E-state index is 0.0272. The first kappa shape index (κ1) is 15.4. The van der Waals surface area contributed by atoms with Gasteiger partial charge in [0.05, 0.1) is 24.5 Å². The molecule has 0 N–H and O–H groups in total. The van der Waals surface area contributed by atoms with Crippen LogP contribution in [0.1, 0.15) is 22.3 Å². The number of esters is 1. The van der Waals surface area contributed by atoms with Gasteiger partial charge in [-0.3, -0.25) is 9.59 Å². The average molecular weight is 304 g/mol. The van der Waals surface area contributed by atoms with Crippen LogP contribution in [-0.4, -0.2) is 48.0 Å². The molecule has 1 aliphatic heterocycles. The summed E-state index contributed by atoms with van der Waals surface area (Å²) in [6.07, 6.45) is 0.879. The summed E-state index contributed by atoms with van der Waals surface area (Å²) in [5.41, 5.74) is 1.13. The Morgan fingerprint density at radius 3 is 2.76 bits per heavy atom. The Balaban J connectivity index is 1.89. The number of amides is 1. The number of carbonyl (C=O) groups is 2. The van der Waals surface area contributed by atoms with Crippen molar-refractivity contribution in [2.45, 2.75) is 11.7 Å². The first-order valence-corrected chi connectivity index (χ1v) is 7.66. The number of hydrogen-bond donors (Lipinski definition) is 0. The molecular formula is C15H16N2O3S. The van der Waals surface area contributed by atoms with Crippen LogP contribution in [0.3, 0.4) is 0 Å². The van der Waals surface area contributed by atoms with E-state index in [1.54, 1.807) is 29.2 Å². The number of ether oxygens (including phenoxy) is 1. The third-order valence-corrected chi connectivity index (χ3v) is 4.62. The van der Waals surface area contributed by atoms with Crippen LogP contribution in [0.25, 0.3) is 0 Å². The molecule has 0 bridgehead atoms. The third kappa shape index (κ3) is 3.99. The fourth-order valence-electron chi connectivity index (χ4n) is 2.16. The number of likely N-dealkylation sites (tertiary alicyclic amines) is 1. The highest BCUT2D eigenvalue weighted by Gasteiger charge is 2.27. The molecule has 1 aromatic rings. The van der Waals surface area contributed by atoms with Gasteiger partial charge in [0.25, 0.3) is 5.91 Å². The summed E-state index contributed by atoms with van der Waals surface area (Å²) in [6, 6.07) is 8.67. The van der Waals surface area contributed by atoms with Crippen LogP contribution >= 0.6 is 11.8 Å². The lowest BCUT2D eigenvalue weighted by molar-refractivity contribution is -0.137. The molecule has 0 spiro atoms. The number of hydrogen-bond acceptors (Lipinski definition) is 5. The van der Waals surface area contributed by atoms with Gasteiger partial charge in [-0.15, -0.1) is 11.8 Å². The predicted molar refractivity (Wildman–Crippen MR) is 79.9 cm³/mol. The molecule has 1 saturated heterocycles. The van der Waals surface area contributed by atoms with E-state index in [1.807, 2.05) is 6.07 Å². The van der Waals surface area contributed by atoms with Gasteiger partial charge in [-0.25, -0.2) is 0 Å². The minimum Gasteiger partial charge on any atom is -0.468 e. The molecule has 0 aromatic heterocycles. The van der Waals surface area contributed by atoms with Crippen molar-refractivity contribution in [1.29, 1.82) is 5.26 Å². The van der Waals surface area contributed by atoms with Crippen LogP contribution in [0, 0.1) is 11.3 Å². The van der Waals surface area contributed by atoms with Crippen molar-refractivity contribution in [3.63, 3.8) is 0 Å². The van der Waals surface area contributed by atoms with E-state index < -0.39 is 0 Å². The second-order valence-electron chi connectivity index (χ2n) is 4.74. The number of thioether (sulfide) groups is 1. The smallest absolute Gasteiger partial charge is 0.315 e. The second-order valence-corrected chi connectivity index (χ2v) is 6.03. The van der Waals surface area contributed by atoms with Gasteiger partial charge >= 0.3 is 5.97 Å². The molecule has 1 unspecified atom stereocenters. The first-order chi connectivity index (χ1) is 10.1. The number of rotatable bonds is 4. The molecule has 2 rings (SSSR count). The van der Waals surface area contributed by atoms with Gasteiger partial charge in [0.1, 0.15) is 0 Å². The molecule has 1 atom stereocenters. The molecular weight excluding hydrogens is 288 g/mol. The Bertz CT molecular complexity index is 565. The van der Waals surface area contributed by atoms with Crippen molar-refractivity contribution in [2.24, 2.45) is 0 Å². The molecule has 0 saturated carbocycles. The maximum Gasteiger partial charge on any atom is 0.315 e. The van der Waals surface area contributed by atoms with Crippen molar-refractivity contribution >= 4 is 23.6 Å². The number of nitrogens with zero attached hydrogens (tertiary/aromatic N) is 2. The lowest BCUT2D eigenvalue weighted by atomic mass is 10.1. The van der Waals surface area contributed by atoms with Crippen LogP contribution in [0.5, 0.6) is 0 Å². The Hall–Kier alpha value is -2.00. The summed E-state index contributed by atoms with van der Waals surface area (Å²) in [5, 5.41) is 9.02. The summed E-state index contributed by atoms with van der Waals surface area (Å²) in [6.45, 7) is 1.33. The van der Waals surface area contributed by atoms with E-state index in [9.17, 15) is 9.59 Å². The number of nitriles is 1. The topological polar surface area (TPSA) is 70.4 Å². The predicted octanol–water partition coefficient (Wildman–Crippen LogP) is 1.68. The maximum atomic E-state index is 12.3. The molecule has 0 aliphatic carbocycles. The fraction of sp³-hybridized carbons (Fsp3) is 0.400. The van der Waals surface area contributed by atoms with Gasteiger partial charge in [-0.05, 0) is 30.7 Å².